The van der Waals surface area contributed by atoms with Crippen LogP contribution < -0.4 is 5.32 Å². The normalized spacial score (nSPS) is 21.4. The molecule has 0 spiro atoms. The van der Waals surface area contributed by atoms with Crippen molar-refractivity contribution < 1.29 is 5.11 Å². The Kier molecular flexibility index (Phi) is 2.94. The topological polar surface area (TPSA) is 32.3 Å². The molecule has 1 unspecified atom stereocenters. The van der Waals surface area contributed by atoms with Gasteiger partial charge in [0.1, 0.15) is 5.75 Å². The molecule has 1 saturated heterocycles. The highest BCUT2D eigenvalue weighted by atomic mass is 35.5. The van der Waals surface area contributed by atoms with E-state index < -0.39 is 0 Å². The molecular formula is C11H14ClNO. The van der Waals surface area contributed by atoms with E-state index >= 15 is 0 Å². The lowest BCUT2D eigenvalue weighted by molar-refractivity contribution is 0.459. The number of aromatic hydroxyl groups is 1. The molecule has 0 aromatic heterocycles. The highest BCUT2D eigenvalue weighted by molar-refractivity contribution is 6.31. The minimum atomic E-state index is 0.324. The number of halogens is 1. The Hall–Kier alpha value is -0.730. The van der Waals surface area contributed by atoms with Crippen molar-refractivity contribution in [1.82, 2.24) is 5.32 Å². The lowest BCUT2D eigenvalue weighted by atomic mass is 9.98. The Morgan fingerprint density at radius 1 is 1.50 bits per heavy atom. The van der Waals surface area contributed by atoms with E-state index in [1.807, 2.05) is 6.07 Å². The second-order valence-corrected chi connectivity index (χ2v) is 4.21. The van der Waals surface area contributed by atoms with Crippen LogP contribution in [0.25, 0.3) is 0 Å². The number of hydrogen-bond donors (Lipinski definition) is 2. The second kappa shape index (κ2) is 4.20. The van der Waals surface area contributed by atoms with E-state index in [9.17, 15) is 5.11 Å². The zero-order valence-electron chi connectivity index (χ0n) is 7.96. The predicted octanol–water partition coefficient (Wildman–Crippen LogP) is 2.20. The number of nitrogens with one attached hydrogen (secondary N) is 1. The van der Waals surface area contributed by atoms with Crippen LogP contribution >= 0.6 is 11.6 Å². The fourth-order valence-electron chi connectivity index (χ4n) is 1.93. The van der Waals surface area contributed by atoms with Gasteiger partial charge in [-0.1, -0.05) is 17.7 Å². The smallest absolute Gasteiger partial charge is 0.120 e. The first-order chi connectivity index (χ1) is 6.77. The molecular weight excluding hydrogens is 198 g/mol. The minimum Gasteiger partial charge on any atom is -0.508 e. The number of phenols is 1. The van der Waals surface area contributed by atoms with Gasteiger partial charge in [0.25, 0.3) is 0 Å². The Bertz CT molecular complexity index is 301. The van der Waals surface area contributed by atoms with Gasteiger partial charge in [-0.05, 0) is 44.0 Å². The van der Waals surface area contributed by atoms with Crippen LogP contribution in [0.3, 0.4) is 0 Å². The summed E-state index contributed by atoms with van der Waals surface area (Å²) in [6.45, 7) is 2.11. The molecule has 2 nitrogen and oxygen atoms in total. The van der Waals surface area contributed by atoms with E-state index in [2.05, 4.69) is 5.32 Å². The van der Waals surface area contributed by atoms with Crippen LogP contribution in [0.2, 0.25) is 5.02 Å². The van der Waals surface area contributed by atoms with Crippen molar-refractivity contribution in [2.45, 2.75) is 12.8 Å². The third kappa shape index (κ3) is 2.02. The van der Waals surface area contributed by atoms with Crippen LogP contribution in [0, 0.1) is 5.92 Å². The number of benzene rings is 1. The van der Waals surface area contributed by atoms with E-state index in [4.69, 9.17) is 11.6 Å². The van der Waals surface area contributed by atoms with Gasteiger partial charge >= 0.3 is 0 Å². The molecule has 1 fully saturated rings. The summed E-state index contributed by atoms with van der Waals surface area (Å²) in [7, 11) is 0. The van der Waals surface area contributed by atoms with E-state index in [1.165, 1.54) is 6.42 Å². The third-order valence-electron chi connectivity index (χ3n) is 2.75. The zero-order chi connectivity index (χ0) is 9.97. The first kappa shape index (κ1) is 9.81. The number of phenolic OH excluding ortho intramolecular Hbond substituents is 1. The van der Waals surface area contributed by atoms with Crippen LogP contribution in [0.4, 0.5) is 0 Å². The third-order valence-corrected chi connectivity index (χ3v) is 3.10. The molecule has 1 aliphatic rings. The van der Waals surface area contributed by atoms with Crippen LogP contribution in [-0.2, 0) is 6.42 Å². The molecule has 1 heterocycles. The average Bonchev–Trinajstić information content (AvgIpc) is 2.64. The lowest BCUT2D eigenvalue weighted by Gasteiger charge is -2.11. The number of rotatable bonds is 2. The summed E-state index contributed by atoms with van der Waals surface area (Å²) in [4.78, 5) is 0. The standard InChI is InChI=1S/C11H14ClNO/c12-10-2-1-3-11(14)9(10)6-8-4-5-13-7-8/h1-3,8,13-14H,4-7H2. The zero-order valence-corrected chi connectivity index (χ0v) is 8.72. The number of hydrogen-bond acceptors (Lipinski definition) is 2. The van der Waals surface area contributed by atoms with Gasteiger partial charge in [0, 0.05) is 10.6 Å². The molecule has 0 aliphatic carbocycles. The summed E-state index contributed by atoms with van der Waals surface area (Å²) in [5.41, 5.74) is 0.892. The van der Waals surface area contributed by atoms with Crippen molar-refractivity contribution in [3.63, 3.8) is 0 Å². The fraction of sp³-hybridized carbons (Fsp3) is 0.455. The van der Waals surface area contributed by atoms with Crippen molar-refractivity contribution in [2.75, 3.05) is 13.1 Å². The van der Waals surface area contributed by atoms with Gasteiger partial charge in [0.2, 0.25) is 0 Å². The molecule has 1 aromatic rings. The van der Waals surface area contributed by atoms with Gasteiger partial charge in [0.15, 0.2) is 0 Å². The first-order valence-corrected chi connectivity index (χ1v) is 5.32. The molecule has 14 heavy (non-hydrogen) atoms. The molecule has 0 radical (unpaired) electrons. The van der Waals surface area contributed by atoms with Gasteiger partial charge < -0.3 is 10.4 Å². The van der Waals surface area contributed by atoms with Crippen LogP contribution in [0.15, 0.2) is 18.2 Å². The van der Waals surface area contributed by atoms with Crippen molar-refractivity contribution in [3.05, 3.63) is 28.8 Å². The highest BCUT2D eigenvalue weighted by Crippen LogP contribution is 2.29. The summed E-state index contributed by atoms with van der Waals surface area (Å²) < 4.78 is 0. The van der Waals surface area contributed by atoms with Gasteiger partial charge in [-0.25, -0.2) is 0 Å². The maximum atomic E-state index is 9.65. The molecule has 0 bridgehead atoms. The summed E-state index contributed by atoms with van der Waals surface area (Å²) in [6, 6.07) is 5.30. The van der Waals surface area contributed by atoms with E-state index in [0.29, 0.717) is 16.7 Å². The van der Waals surface area contributed by atoms with Gasteiger partial charge in [-0.3, -0.25) is 0 Å². The Morgan fingerprint density at radius 3 is 3.00 bits per heavy atom. The quantitative estimate of drug-likeness (QED) is 0.786. The lowest BCUT2D eigenvalue weighted by Crippen LogP contribution is -2.11. The van der Waals surface area contributed by atoms with Crippen molar-refractivity contribution in [3.8, 4) is 5.75 Å². The molecule has 0 amide bonds. The van der Waals surface area contributed by atoms with Gasteiger partial charge in [-0.15, -0.1) is 0 Å². The fourth-order valence-corrected chi connectivity index (χ4v) is 2.17. The first-order valence-electron chi connectivity index (χ1n) is 4.94. The van der Waals surface area contributed by atoms with Crippen molar-refractivity contribution in [2.24, 2.45) is 5.92 Å². The summed E-state index contributed by atoms with van der Waals surface area (Å²) >= 11 is 6.03. The van der Waals surface area contributed by atoms with Crippen LogP contribution in [-0.4, -0.2) is 18.2 Å². The predicted molar refractivity (Wildman–Crippen MR) is 57.8 cm³/mol. The largest absolute Gasteiger partial charge is 0.508 e. The van der Waals surface area contributed by atoms with E-state index in [-0.39, 0.29) is 0 Å². The van der Waals surface area contributed by atoms with Crippen molar-refractivity contribution >= 4 is 11.6 Å². The van der Waals surface area contributed by atoms with Crippen LogP contribution in [0.5, 0.6) is 5.75 Å². The molecule has 1 aliphatic heterocycles. The maximum Gasteiger partial charge on any atom is 0.120 e. The molecule has 3 heteroatoms. The molecule has 1 atom stereocenters. The molecule has 1 aromatic carbocycles. The Labute approximate surface area is 88.9 Å². The van der Waals surface area contributed by atoms with Gasteiger partial charge in [0.05, 0.1) is 0 Å². The summed E-state index contributed by atoms with van der Waals surface area (Å²) in [5.74, 6) is 0.935. The molecule has 0 saturated carbocycles. The molecule has 2 rings (SSSR count). The SMILES string of the molecule is Oc1cccc(Cl)c1CC1CCNC1. The minimum absolute atomic E-state index is 0.324. The van der Waals surface area contributed by atoms with E-state index in [0.717, 1.165) is 25.1 Å². The summed E-state index contributed by atoms with van der Waals surface area (Å²) in [5, 5.41) is 13.6. The average molecular weight is 212 g/mol. The maximum absolute atomic E-state index is 9.65. The van der Waals surface area contributed by atoms with Crippen molar-refractivity contribution in [1.29, 1.82) is 0 Å². The second-order valence-electron chi connectivity index (χ2n) is 3.80. The Balaban J connectivity index is 2.14. The van der Waals surface area contributed by atoms with Crippen LogP contribution in [0.1, 0.15) is 12.0 Å². The monoisotopic (exact) mass is 211 g/mol. The highest BCUT2D eigenvalue weighted by Gasteiger charge is 2.17. The summed E-state index contributed by atoms with van der Waals surface area (Å²) in [6.07, 6.45) is 2.04. The molecule has 2 N–H and O–H groups in total. The molecule has 76 valence electrons. The van der Waals surface area contributed by atoms with E-state index in [1.54, 1.807) is 12.1 Å². The Morgan fingerprint density at radius 2 is 2.36 bits per heavy atom. The van der Waals surface area contributed by atoms with Gasteiger partial charge in [-0.2, -0.15) is 0 Å².